The van der Waals surface area contributed by atoms with Crippen LogP contribution in [0.5, 0.6) is 0 Å². The van der Waals surface area contributed by atoms with E-state index in [0.717, 1.165) is 36.6 Å². The lowest BCUT2D eigenvalue weighted by Crippen LogP contribution is -2.41. The molecule has 2 aliphatic rings. The maximum absolute atomic E-state index is 12.8. The summed E-state index contributed by atoms with van der Waals surface area (Å²) in [6.45, 7) is 0. The van der Waals surface area contributed by atoms with E-state index >= 15 is 0 Å². The van der Waals surface area contributed by atoms with Gasteiger partial charge in [0.25, 0.3) is 11.7 Å². The standard InChI is InChI=1S/C18H22N6O5/c1-29-16(28)9-2-4-10-8(6-9)3-5-11(10)20-14(25)12-7-13(15(26)27)24-18(21-12)22-17(19)23-24/h7-11H,2-6H2,1H3,(H2,19,23)(H,20,25)(H,26,27)/t8-,9?,10?,11-/m0/s1. The summed E-state index contributed by atoms with van der Waals surface area (Å²) in [4.78, 5) is 44.1. The van der Waals surface area contributed by atoms with Gasteiger partial charge in [0, 0.05) is 12.1 Å². The molecule has 11 nitrogen and oxygen atoms in total. The summed E-state index contributed by atoms with van der Waals surface area (Å²) in [5, 5.41) is 16.2. The number of ether oxygens (including phenoxy) is 1. The molecule has 2 aromatic heterocycles. The lowest BCUT2D eigenvalue weighted by Gasteiger charge is -2.33. The molecule has 0 spiro atoms. The molecule has 1 amide bonds. The van der Waals surface area contributed by atoms with Crippen molar-refractivity contribution in [2.45, 2.75) is 38.1 Å². The van der Waals surface area contributed by atoms with Crippen LogP contribution in [0, 0.1) is 17.8 Å². The number of carbonyl (C=O) groups excluding carboxylic acids is 2. The highest BCUT2D eigenvalue weighted by molar-refractivity contribution is 5.96. The maximum atomic E-state index is 12.8. The molecule has 0 aliphatic heterocycles. The number of esters is 1. The number of nitrogens with zero attached hydrogens (tertiary/aromatic N) is 4. The van der Waals surface area contributed by atoms with Gasteiger partial charge in [-0.1, -0.05) is 0 Å². The molecule has 4 rings (SSSR count). The van der Waals surface area contributed by atoms with E-state index in [9.17, 15) is 19.5 Å². The molecule has 0 aromatic carbocycles. The van der Waals surface area contributed by atoms with Gasteiger partial charge in [-0.2, -0.15) is 9.50 Å². The molecule has 4 atom stereocenters. The molecule has 0 saturated heterocycles. The third kappa shape index (κ3) is 3.47. The van der Waals surface area contributed by atoms with Gasteiger partial charge in [0.2, 0.25) is 5.95 Å². The molecule has 2 aliphatic carbocycles. The molecular formula is C18H22N6O5. The van der Waals surface area contributed by atoms with E-state index in [-0.39, 0.29) is 47.0 Å². The van der Waals surface area contributed by atoms with E-state index in [1.54, 1.807) is 0 Å². The molecule has 2 aromatic rings. The number of hydrogen-bond acceptors (Lipinski definition) is 8. The zero-order valence-electron chi connectivity index (χ0n) is 15.9. The molecule has 0 radical (unpaired) electrons. The first-order chi connectivity index (χ1) is 13.9. The second-order valence-electron chi connectivity index (χ2n) is 7.63. The van der Waals surface area contributed by atoms with Crippen LogP contribution in [-0.4, -0.2) is 55.7 Å². The van der Waals surface area contributed by atoms with Crippen LogP contribution in [0.25, 0.3) is 5.78 Å². The summed E-state index contributed by atoms with van der Waals surface area (Å²) >= 11 is 0. The Hall–Kier alpha value is -3.24. The number of aromatic carboxylic acids is 1. The van der Waals surface area contributed by atoms with Gasteiger partial charge in [-0.25, -0.2) is 9.78 Å². The van der Waals surface area contributed by atoms with Crippen LogP contribution in [-0.2, 0) is 9.53 Å². The molecule has 29 heavy (non-hydrogen) atoms. The Labute approximate surface area is 165 Å². The average Bonchev–Trinajstić information content (AvgIpc) is 3.28. The van der Waals surface area contributed by atoms with Crippen molar-refractivity contribution < 1.29 is 24.2 Å². The molecule has 0 bridgehead atoms. The summed E-state index contributed by atoms with van der Waals surface area (Å²) in [6.07, 6.45) is 4.09. The van der Waals surface area contributed by atoms with Crippen molar-refractivity contribution in [3.8, 4) is 0 Å². The maximum Gasteiger partial charge on any atom is 0.354 e. The zero-order valence-corrected chi connectivity index (χ0v) is 15.9. The smallest absolute Gasteiger partial charge is 0.354 e. The van der Waals surface area contributed by atoms with E-state index < -0.39 is 11.9 Å². The number of carboxylic acid groups (broad SMARTS) is 1. The minimum Gasteiger partial charge on any atom is -0.477 e. The minimum atomic E-state index is -1.27. The predicted octanol–water partition coefficient (Wildman–Crippen LogP) is 0.502. The van der Waals surface area contributed by atoms with Crippen LogP contribution in [0.2, 0.25) is 0 Å². The fourth-order valence-electron chi connectivity index (χ4n) is 4.71. The number of hydrogen-bond donors (Lipinski definition) is 3. The first kappa shape index (κ1) is 19.1. The van der Waals surface area contributed by atoms with Gasteiger partial charge < -0.3 is 20.9 Å². The van der Waals surface area contributed by atoms with Crippen molar-refractivity contribution in [3.63, 3.8) is 0 Å². The van der Waals surface area contributed by atoms with Gasteiger partial charge in [0.15, 0.2) is 5.69 Å². The number of nitrogens with two attached hydrogens (primary N) is 1. The number of fused-ring (bicyclic) bond motifs is 2. The van der Waals surface area contributed by atoms with Crippen LogP contribution in [0.1, 0.15) is 53.1 Å². The van der Waals surface area contributed by atoms with Crippen molar-refractivity contribution >= 4 is 29.6 Å². The number of nitrogens with one attached hydrogen (secondary N) is 1. The predicted molar refractivity (Wildman–Crippen MR) is 99.0 cm³/mol. The molecule has 2 fully saturated rings. The lowest BCUT2D eigenvalue weighted by atomic mass is 9.75. The van der Waals surface area contributed by atoms with Gasteiger partial charge in [-0.15, -0.1) is 5.10 Å². The largest absolute Gasteiger partial charge is 0.477 e. The Morgan fingerprint density at radius 3 is 2.76 bits per heavy atom. The molecule has 4 N–H and O–H groups in total. The van der Waals surface area contributed by atoms with Crippen LogP contribution in [0.15, 0.2) is 6.07 Å². The van der Waals surface area contributed by atoms with Crippen LogP contribution in [0.3, 0.4) is 0 Å². The number of rotatable bonds is 4. The molecule has 2 heterocycles. The van der Waals surface area contributed by atoms with Crippen molar-refractivity contribution in [2.24, 2.45) is 17.8 Å². The normalized spacial score (nSPS) is 26.1. The highest BCUT2D eigenvalue weighted by atomic mass is 16.5. The Bertz CT molecular complexity index is 989. The molecule has 2 saturated carbocycles. The summed E-state index contributed by atoms with van der Waals surface area (Å²) in [6, 6.07) is 1.12. The first-order valence-corrected chi connectivity index (χ1v) is 9.52. The van der Waals surface area contributed by atoms with E-state index in [4.69, 9.17) is 10.5 Å². The number of methoxy groups -OCH3 is 1. The Kier molecular flexibility index (Phi) is 4.81. The third-order valence-electron chi connectivity index (χ3n) is 6.04. The van der Waals surface area contributed by atoms with Crippen LogP contribution in [0.4, 0.5) is 5.95 Å². The number of carboxylic acids is 1. The van der Waals surface area contributed by atoms with Gasteiger partial charge in [0.05, 0.1) is 13.0 Å². The monoisotopic (exact) mass is 402 g/mol. The average molecular weight is 402 g/mol. The second-order valence-corrected chi connectivity index (χ2v) is 7.63. The summed E-state index contributed by atoms with van der Waals surface area (Å²) in [5.41, 5.74) is 5.23. The molecule has 154 valence electrons. The van der Waals surface area contributed by atoms with Crippen molar-refractivity contribution in [2.75, 3.05) is 12.8 Å². The minimum absolute atomic E-state index is 0.0414. The fraction of sp³-hybridized carbons (Fsp3) is 0.556. The van der Waals surface area contributed by atoms with E-state index in [1.807, 2.05) is 0 Å². The van der Waals surface area contributed by atoms with Gasteiger partial charge in [0.1, 0.15) is 5.69 Å². The van der Waals surface area contributed by atoms with Crippen molar-refractivity contribution in [3.05, 3.63) is 17.5 Å². The number of carbonyl (C=O) groups is 3. The van der Waals surface area contributed by atoms with Gasteiger partial charge >= 0.3 is 11.9 Å². The Morgan fingerprint density at radius 2 is 2.03 bits per heavy atom. The highest BCUT2D eigenvalue weighted by Gasteiger charge is 2.42. The highest BCUT2D eigenvalue weighted by Crippen LogP contribution is 2.44. The molecule has 11 heteroatoms. The summed E-state index contributed by atoms with van der Waals surface area (Å²) < 4.78 is 5.86. The van der Waals surface area contributed by atoms with Crippen LogP contribution < -0.4 is 11.1 Å². The van der Waals surface area contributed by atoms with Gasteiger partial charge in [-0.3, -0.25) is 9.59 Å². The number of anilines is 1. The van der Waals surface area contributed by atoms with E-state index in [1.165, 1.54) is 13.2 Å². The third-order valence-corrected chi connectivity index (χ3v) is 6.04. The Morgan fingerprint density at radius 1 is 1.24 bits per heavy atom. The number of nitrogen functional groups attached to an aromatic ring is 1. The van der Waals surface area contributed by atoms with Crippen molar-refractivity contribution in [1.82, 2.24) is 24.9 Å². The Balaban J connectivity index is 1.50. The lowest BCUT2D eigenvalue weighted by molar-refractivity contribution is -0.147. The van der Waals surface area contributed by atoms with Crippen LogP contribution >= 0.6 is 0 Å². The van der Waals surface area contributed by atoms with Crippen molar-refractivity contribution in [1.29, 1.82) is 0 Å². The van der Waals surface area contributed by atoms with Gasteiger partial charge in [-0.05, 0) is 43.9 Å². The molecule has 2 unspecified atom stereocenters. The zero-order chi connectivity index (χ0) is 20.7. The van der Waals surface area contributed by atoms with E-state index in [0.29, 0.717) is 5.92 Å². The SMILES string of the molecule is COC(=O)C1CCC2[C@@H](CC[C@@H]2NC(=O)c2cc(C(=O)O)n3nc(N)nc3n2)C1. The number of aromatic nitrogens is 4. The summed E-state index contributed by atoms with van der Waals surface area (Å²) in [7, 11) is 1.41. The summed E-state index contributed by atoms with van der Waals surface area (Å²) in [5.74, 6) is -1.49. The first-order valence-electron chi connectivity index (χ1n) is 9.52. The fourth-order valence-corrected chi connectivity index (χ4v) is 4.71. The second kappa shape index (κ2) is 7.30. The quantitative estimate of drug-likeness (QED) is 0.618. The topological polar surface area (TPSA) is 162 Å². The number of amides is 1. The molecular weight excluding hydrogens is 380 g/mol. The van der Waals surface area contributed by atoms with E-state index in [2.05, 4.69) is 20.4 Å².